The number of carbonyl (C=O) groups excluding carboxylic acids is 1. The van der Waals surface area contributed by atoms with Crippen LogP contribution in [0.15, 0.2) is 72.7 Å². The van der Waals surface area contributed by atoms with Crippen molar-refractivity contribution in [3.8, 4) is 5.75 Å². The van der Waals surface area contributed by atoms with Crippen molar-refractivity contribution in [1.29, 1.82) is 16.2 Å². The van der Waals surface area contributed by atoms with Crippen molar-refractivity contribution < 1.29 is 9.53 Å². The van der Waals surface area contributed by atoms with Gasteiger partial charge >= 0.3 is 6.03 Å². The maximum atomic E-state index is 13.6. The van der Waals surface area contributed by atoms with Gasteiger partial charge in [0, 0.05) is 47.5 Å². The molecule has 2 aromatic carbocycles. The summed E-state index contributed by atoms with van der Waals surface area (Å²) in [6, 6.07) is 16.5. The van der Waals surface area contributed by atoms with Crippen LogP contribution in [0.4, 0.5) is 10.5 Å². The van der Waals surface area contributed by atoms with Crippen LogP contribution in [-0.4, -0.2) is 65.8 Å². The molecule has 0 spiro atoms. The topological polar surface area (TPSA) is 145 Å². The van der Waals surface area contributed by atoms with Crippen LogP contribution in [-0.2, 0) is 6.42 Å². The van der Waals surface area contributed by atoms with E-state index in [1.54, 1.807) is 29.0 Å². The van der Waals surface area contributed by atoms with Crippen LogP contribution in [0.3, 0.4) is 0 Å². The number of urea groups is 1. The number of anilines is 1. The number of hydrogen-bond acceptors (Lipinski definition) is 7. The third kappa shape index (κ3) is 10.0. The summed E-state index contributed by atoms with van der Waals surface area (Å²) in [4.78, 5) is 17.7. The Morgan fingerprint density at radius 1 is 1.02 bits per heavy atom. The van der Waals surface area contributed by atoms with Crippen LogP contribution in [0.5, 0.6) is 5.75 Å². The van der Waals surface area contributed by atoms with Crippen LogP contribution >= 0.6 is 11.6 Å². The number of carbonyl (C=O) groups is 1. The van der Waals surface area contributed by atoms with Crippen molar-refractivity contribution in [1.82, 2.24) is 25.0 Å². The minimum atomic E-state index is -0.423. The molecule has 2 aliphatic rings. The van der Waals surface area contributed by atoms with Gasteiger partial charge in [0.1, 0.15) is 23.2 Å². The summed E-state index contributed by atoms with van der Waals surface area (Å²) >= 11 is 6.50. The van der Waals surface area contributed by atoms with Crippen LogP contribution in [0.25, 0.3) is 0 Å². The molecule has 2 amide bonds. The second kappa shape index (κ2) is 16.6. The molecule has 1 saturated heterocycles. The van der Waals surface area contributed by atoms with E-state index in [0.29, 0.717) is 41.1 Å². The number of ether oxygens (including phenoxy) is 1. The Morgan fingerprint density at radius 3 is 2.45 bits per heavy atom. The zero-order valence-electron chi connectivity index (χ0n) is 30.4. The van der Waals surface area contributed by atoms with Crippen molar-refractivity contribution in [2.24, 2.45) is 5.41 Å². The monoisotopic (exact) mass is 713 g/mol. The van der Waals surface area contributed by atoms with Crippen molar-refractivity contribution in [2.75, 3.05) is 39.0 Å². The van der Waals surface area contributed by atoms with Gasteiger partial charge < -0.3 is 30.6 Å². The van der Waals surface area contributed by atoms with Crippen molar-refractivity contribution in [3.63, 3.8) is 0 Å². The first-order chi connectivity index (χ1) is 24.3. The number of benzene rings is 2. The number of nitrogens with one attached hydrogen (secondary N) is 6. The van der Waals surface area contributed by atoms with E-state index in [4.69, 9.17) is 32.6 Å². The first kappa shape index (κ1) is 37.6. The van der Waals surface area contributed by atoms with E-state index in [2.05, 4.69) is 20.9 Å². The molecule has 1 aliphatic heterocycles. The molecule has 272 valence electrons. The molecule has 2 heterocycles. The molecule has 1 aliphatic carbocycles. The van der Waals surface area contributed by atoms with E-state index >= 15 is 0 Å². The molecule has 5 rings (SSSR count). The number of aromatic nitrogens is 1. The summed E-state index contributed by atoms with van der Waals surface area (Å²) in [6.45, 7) is 8.36. The van der Waals surface area contributed by atoms with Crippen molar-refractivity contribution in [2.45, 2.75) is 71.4 Å². The molecular formula is C39H52ClN9O2. The Balaban J connectivity index is 1.30. The van der Waals surface area contributed by atoms with Gasteiger partial charge in [0.2, 0.25) is 5.96 Å². The third-order valence-electron chi connectivity index (χ3n) is 9.32. The lowest BCUT2D eigenvalue weighted by Gasteiger charge is -2.33. The number of rotatable bonds is 10. The molecule has 0 radical (unpaired) electrons. The molecule has 6 N–H and O–H groups in total. The van der Waals surface area contributed by atoms with Gasteiger partial charge in [-0.25, -0.2) is 4.79 Å². The first-order valence-corrected chi connectivity index (χ1v) is 18.1. The Morgan fingerprint density at radius 2 is 1.75 bits per heavy atom. The molecule has 12 heteroatoms. The number of amides is 2. The van der Waals surface area contributed by atoms with Gasteiger partial charge in [-0.1, -0.05) is 56.6 Å². The lowest BCUT2D eigenvalue weighted by Crippen LogP contribution is -2.43. The molecular weight excluding hydrogens is 662 g/mol. The average molecular weight is 714 g/mol. The quantitative estimate of drug-likeness (QED) is 0.0967. The minimum absolute atomic E-state index is 0.235. The predicted molar refractivity (Wildman–Crippen MR) is 205 cm³/mol. The smallest absolute Gasteiger partial charge is 0.320 e. The molecule has 3 aromatic rings. The fourth-order valence-electron chi connectivity index (χ4n) is 6.30. The molecule has 51 heavy (non-hydrogen) atoms. The third-order valence-corrected chi connectivity index (χ3v) is 9.69. The number of likely N-dealkylation sites (tertiary alicyclic amines) is 1. The van der Waals surface area contributed by atoms with E-state index in [1.807, 2.05) is 82.2 Å². The van der Waals surface area contributed by atoms with Gasteiger partial charge in [-0.3, -0.25) is 20.7 Å². The zero-order valence-corrected chi connectivity index (χ0v) is 31.2. The lowest BCUT2D eigenvalue weighted by molar-refractivity contribution is 0.170. The highest BCUT2D eigenvalue weighted by molar-refractivity contribution is 6.31. The summed E-state index contributed by atoms with van der Waals surface area (Å²) in [5.74, 6) is 1.27. The second-order valence-corrected chi connectivity index (χ2v) is 15.1. The summed E-state index contributed by atoms with van der Waals surface area (Å²) in [6.07, 6.45) is 8.48. The van der Waals surface area contributed by atoms with E-state index < -0.39 is 5.41 Å². The average Bonchev–Trinajstić information content (AvgIpc) is 3.09. The summed E-state index contributed by atoms with van der Waals surface area (Å²) in [5.41, 5.74) is 3.88. The Bertz CT molecular complexity index is 1820. The van der Waals surface area contributed by atoms with E-state index in [1.165, 1.54) is 6.42 Å². The van der Waals surface area contributed by atoms with Gasteiger partial charge in [-0.05, 0) is 99.6 Å². The normalized spacial score (nSPS) is 17.8. The fraction of sp³-hybridized carbons (Fsp3) is 0.436. The lowest BCUT2D eigenvalue weighted by atomic mass is 9.85. The fourth-order valence-corrected chi connectivity index (χ4v) is 6.51. The van der Waals surface area contributed by atoms with Gasteiger partial charge in [0.25, 0.3) is 0 Å². The number of fused-ring (bicyclic) bond motifs is 1. The SMILES string of the molecule is CN(C)CCc1cc(N/C(=C\C(=N)C(C)(C)C)NC(=O)N[C@H]2CC[C@@H](Oc3ccc(=N)n(C(=N)N4CCCCC4)c3)c3ccccc32)ccc1Cl. The van der Waals surface area contributed by atoms with Crippen molar-refractivity contribution >= 4 is 35.0 Å². The maximum absolute atomic E-state index is 13.6. The first-order valence-electron chi connectivity index (χ1n) is 17.7. The van der Waals surface area contributed by atoms with E-state index in [-0.39, 0.29) is 23.7 Å². The highest BCUT2D eigenvalue weighted by Gasteiger charge is 2.30. The number of allylic oxidation sites excluding steroid dienone is 1. The van der Waals surface area contributed by atoms with Gasteiger partial charge in [-0.2, -0.15) is 0 Å². The number of pyridine rings is 1. The Hall–Kier alpha value is -4.61. The molecule has 0 bridgehead atoms. The number of hydrogen-bond donors (Lipinski definition) is 6. The summed E-state index contributed by atoms with van der Waals surface area (Å²) in [5, 5.41) is 36.0. The van der Waals surface area contributed by atoms with Crippen LogP contribution in [0.2, 0.25) is 5.02 Å². The number of halogens is 1. The van der Waals surface area contributed by atoms with Crippen molar-refractivity contribution in [3.05, 3.63) is 99.9 Å². The number of piperidine rings is 1. The van der Waals surface area contributed by atoms with Gasteiger partial charge in [0.05, 0.1) is 12.2 Å². The summed E-state index contributed by atoms with van der Waals surface area (Å²) in [7, 11) is 4.04. The minimum Gasteiger partial charge on any atom is -0.484 e. The standard InChI is InChI=1S/C39H52ClN9O2/c1-39(2,3)34(41)24-36(44-27-13-15-31(40)26(23-27)19-22-47(4)5)46-38(50)45-32-16-17-33(30-12-8-7-11-29(30)32)51-28-14-18-35(42)49(25-28)37(43)48-20-9-6-10-21-48/h7-8,11-15,18,23-25,32-33,41-44H,6,9-10,16-17,19-22H2,1-5H3,(H2,45,46,50)/b36-24+,41-34?,42-35?,43-37?/t32-,33+/m0/s1. The second-order valence-electron chi connectivity index (χ2n) is 14.7. The van der Waals surface area contributed by atoms with Crippen LogP contribution in [0, 0.1) is 21.6 Å². The van der Waals surface area contributed by atoms with Crippen LogP contribution < -0.4 is 26.2 Å². The predicted octanol–water partition coefficient (Wildman–Crippen LogP) is 7.27. The number of nitrogens with zero attached hydrogens (tertiary/aromatic N) is 3. The Kier molecular flexibility index (Phi) is 12.3. The molecule has 1 fully saturated rings. The van der Waals surface area contributed by atoms with Gasteiger partial charge in [0.15, 0.2) is 0 Å². The van der Waals surface area contributed by atoms with E-state index in [0.717, 1.165) is 61.3 Å². The van der Waals surface area contributed by atoms with E-state index in [9.17, 15) is 4.79 Å². The highest BCUT2D eigenvalue weighted by atomic mass is 35.5. The Labute approximate surface area is 306 Å². The molecule has 0 saturated carbocycles. The molecule has 1 aromatic heterocycles. The number of likely N-dealkylation sites (N-methyl/N-ethyl adjacent to an activating group) is 1. The summed E-state index contributed by atoms with van der Waals surface area (Å²) < 4.78 is 8.10. The molecule has 2 atom stereocenters. The molecule has 0 unspecified atom stereocenters. The van der Waals surface area contributed by atoms with Gasteiger partial charge in [-0.15, -0.1) is 0 Å². The highest BCUT2D eigenvalue weighted by Crippen LogP contribution is 2.38. The zero-order chi connectivity index (χ0) is 36.7. The van der Waals surface area contributed by atoms with Crippen LogP contribution in [0.1, 0.15) is 81.7 Å². The maximum Gasteiger partial charge on any atom is 0.320 e. The molecule has 11 nitrogen and oxygen atoms in total. The largest absolute Gasteiger partial charge is 0.484 e.